The van der Waals surface area contributed by atoms with Gasteiger partial charge >= 0.3 is 0 Å². The Balaban J connectivity index is 1.70. The fraction of sp³-hybridized carbons (Fsp3) is 0.467. The molecule has 1 aliphatic rings. The molecule has 1 aliphatic heterocycles. The maximum atomic E-state index is 10.7. The zero-order chi connectivity index (χ0) is 13.2. The Morgan fingerprint density at radius 2 is 2.11 bits per heavy atom. The van der Waals surface area contributed by atoms with Crippen molar-refractivity contribution in [2.45, 2.75) is 26.3 Å². The predicted molar refractivity (Wildman–Crippen MR) is 74.0 cm³/mol. The molecule has 0 aliphatic carbocycles. The molecular formula is C15H19N3O. The number of carbonyl (C=O) groups is 1. The maximum Gasteiger partial charge on any atom is 0.137 e. The standard InChI is InChI=1S/C15H19N3O/c1-12-2-3-15-16-14(10-18(15)8-12)9-17-6-4-13(11-19)5-7-17/h2-3,8,10-11,13H,4-7,9H2,1H3. The van der Waals surface area contributed by atoms with Gasteiger partial charge in [0.25, 0.3) is 0 Å². The second-order valence-electron chi connectivity index (χ2n) is 5.45. The minimum absolute atomic E-state index is 0.264. The van der Waals surface area contributed by atoms with Crippen molar-refractivity contribution in [2.24, 2.45) is 5.92 Å². The van der Waals surface area contributed by atoms with Crippen molar-refractivity contribution >= 4 is 11.9 Å². The van der Waals surface area contributed by atoms with Gasteiger partial charge in [-0.2, -0.15) is 0 Å². The topological polar surface area (TPSA) is 37.6 Å². The molecule has 4 heteroatoms. The van der Waals surface area contributed by atoms with E-state index >= 15 is 0 Å². The molecule has 4 nitrogen and oxygen atoms in total. The highest BCUT2D eigenvalue weighted by Crippen LogP contribution is 2.17. The number of aromatic nitrogens is 2. The summed E-state index contributed by atoms with van der Waals surface area (Å²) in [5.74, 6) is 0.264. The van der Waals surface area contributed by atoms with E-state index < -0.39 is 0 Å². The van der Waals surface area contributed by atoms with Crippen molar-refractivity contribution in [1.29, 1.82) is 0 Å². The Bertz CT molecular complexity index is 582. The molecule has 1 saturated heterocycles. The number of aryl methyl sites for hydroxylation is 1. The van der Waals surface area contributed by atoms with Gasteiger partial charge in [-0.3, -0.25) is 4.90 Å². The lowest BCUT2D eigenvalue weighted by atomic mass is 9.99. The molecule has 0 amide bonds. The van der Waals surface area contributed by atoms with Crippen LogP contribution in [-0.2, 0) is 11.3 Å². The second-order valence-corrected chi connectivity index (χ2v) is 5.45. The lowest BCUT2D eigenvalue weighted by Crippen LogP contribution is -2.33. The van der Waals surface area contributed by atoms with Gasteiger partial charge in [-0.15, -0.1) is 0 Å². The molecule has 2 aromatic rings. The zero-order valence-corrected chi connectivity index (χ0v) is 11.2. The molecule has 0 bridgehead atoms. The van der Waals surface area contributed by atoms with Gasteiger partial charge in [-0.1, -0.05) is 6.07 Å². The van der Waals surface area contributed by atoms with Gasteiger partial charge in [0, 0.05) is 24.9 Å². The number of rotatable bonds is 3. The first kappa shape index (κ1) is 12.4. The molecule has 2 aromatic heterocycles. The number of fused-ring (bicyclic) bond motifs is 1. The minimum Gasteiger partial charge on any atom is -0.307 e. The molecule has 3 heterocycles. The van der Waals surface area contributed by atoms with Crippen LogP contribution in [0.1, 0.15) is 24.1 Å². The van der Waals surface area contributed by atoms with Crippen molar-refractivity contribution in [3.05, 3.63) is 35.8 Å². The molecule has 100 valence electrons. The average molecular weight is 257 g/mol. The van der Waals surface area contributed by atoms with E-state index in [9.17, 15) is 4.79 Å². The first-order valence-electron chi connectivity index (χ1n) is 6.86. The fourth-order valence-electron chi connectivity index (χ4n) is 2.71. The summed E-state index contributed by atoms with van der Waals surface area (Å²) >= 11 is 0. The third-order valence-corrected chi connectivity index (χ3v) is 3.86. The maximum absolute atomic E-state index is 10.7. The largest absolute Gasteiger partial charge is 0.307 e. The Hall–Kier alpha value is -1.68. The summed E-state index contributed by atoms with van der Waals surface area (Å²) in [5.41, 5.74) is 3.35. The summed E-state index contributed by atoms with van der Waals surface area (Å²) in [6.07, 6.45) is 7.27. The van der Waals surface area contributed by atoms with Gasteiger partial charge < -0.3 is 9.20 Å². The van der Waals surface area contributed by atoms with Gasteiger partial charge in [-0.25, -0.2) is 4.98 Å². The van der Waals surface area contributed by atoms with Crippen LogP contribution < -0.4 is 0 Å². The summed E-state index contributed by atoms with van der Waals surface area (Å²) in [6, 6.07) is 4.14. The van der Waals surface area contributed by atoms with Crippen LogP contribution in [0.15, 0.2) is 24.5 Å². The molecule has 0 saturated carbocycles. The molecule has 0 atom stereocenters. The third-order valence-electron chi connectivity index (χ3n) is 3.86. The molecular weight excluding hydrogens is 238 g/mol. The van der Waals surface area contributed by atoms with E-state index in [0.29, 0.717) is 0 Å². The van der Waals surface area contributed by atoms with E-state index in [1.165, 1.54) is 5.56 Å². The van der Waals surface area contributed by atoms with E-state index in [2.05, 4.69) is 45.7 Å². The van der Waals surface area contributed by atoms with E-state index in [0.717, 1.165) is 50.1 Å². The summed E-state index contributed by atoms with van der Waals surface area (Å²) in [4.78, 5) is 17.8. The number of nitrogens with zero attached hydrogens (tertiary/aromatic N) is 3. The Morgan fingerprint density at radius 3 is 2.84 bits per heavy atom. The first-order chi connectivity index (χ1) is 9.24. The molecule has 0 spiro atoms. The van der Waals surface area contributed by atoms with Gasteiger partial charge in [-0.05, 0) is 44.5 Å². The number of imidazole rings is 1. The fourth-order valence-corrected chi connectivity index (χ4v) is 2.71. The van der Waals surface area contributed by atoms with Crippen LogP contribution in [0.4, 0.5) is 0 Å². The number of carbonyl (C=O) groups excluding carboxylic acids is 1. The molecule has 0 radical (unpaired) electrons. The number of hydrogen-bond acceptors (Lipinski definition) is 3. The Kier molecular flexibility index (Phi) is 3.34. The van der Waals surface area contributed by atoms with E-state index in [-0.39, 0.29) is 5.92 Å². The highest BCUT2D eigenvalue weighted by Gasteiger charge is 2.19. The van der Waals surface area contributed by atoms with Crippen molar-refractivity contribution in [1.82, 2.24) is 14.3 Å². The highest BCUT2D eigenvalue weighted by molar-refractivity contribution is 5.53. The first-order valence-corrected chi connectivity index (χ1v) is 6.86. The summed E-state index contributed by atoms with van der Waals surface area (Å²) in [5, 5.41) is 0. The molecule has 3 rings (SSSR count). The van der Waals surface area contributed by atoms with E-state index in [1.54, 1.807) is 0 Å². The summed E-state index contributed by atoms with van der Waals surface area (Å²) < 4.78 is 2.09. The SMILES string of the molecule is Cc1ccc2nc(CN3CCC(C=O)CC3)cn2c1. The van der Waals surface area contributed by atoms with Gasteiger partial charge in [0.05, 0.1) is 5.69 Å². The van der Waals surface area contributed by atoms with Crippen LogP contribution in [0.2, 0.25) is 0 Å². The highest BCUT2D eigenvalue weighted by atomic mass is 16.1. The summed E-state index contributed by atoms with van der Waals surface area (Å²) in [7, 11) is 0. The van der Waals surface area contributed by atoms with Crippen molar-refractivity contribution in [2.75, 3.05) is 13.1 Å². The smallest absolute Gasteiger partial charge is 0.137 e. The van der Waals surface area contributed by atoms with E-state index in [1.807, 2.05) is 0 Å². The number of aldehydes is 1. The molecule has 1 fully saturated rings. The molecule has 0 aromatic carbocycles. The number of pyridine rings is 1. The average Bonchev–Trinajstić information content (AvgIpc) is 2.81. The number of piperidine rings is 1. The van der Waals surface area contributed by atoms with Crippen LogP contribution in [-0.4, -0.2) is 33.7 Å². The van der Waals surface area contributed by atoms with Gasteiger partial charge in [0.1, 0.15) is 11.9 Å². The third kappa shape index (κ3) is 2.68. The second kappa shape index (κ2) is 5.13. The van der Waals surface area contributed by atoms with Crippen LogP contribution in [0.3, 0.4) is 0 Å². The molecule has 0 N–H and O–H groups in total. The molecule has 0 unspecified atom stereocenters. The van der Waals surface area contributed by atoms with Crippen LogP contribution >= 0.6 is 0 Å². The van der Waals surface area contributed by atoms with Crippen molar-refractivity contribution in [3.8, 4) is 0 Å². The summed E-state index contributed by atoms with van der Waals surface area (Å²) in [6.45, 7) is 4.96. The Morgan fingerprint density at radius 1 is 1.32 bits per heavy atom. The van der Waals surface area contributed by atoms with E-state index in [4.69, 9.17) is 0 Å². The molecule has 19 heavy (non-hydrogen) atoms. The predicted octanol–water partition coefficient (Wildman–Crippen LogP) is 2.05. The quantitative estimate of drug-likeness (QED) is 0.790. The number of likely N-dealkylation sites (tertiary alicyclic amines) is 1. The zero-order valence-electron chi connectivity index (χ0n) is 11.2. The van der Waals surface area contributed by atoms with Crippen LogP contribution in [0.5, 0.6) is 0 Å². The lowest BCUT2D eigenvalue weighted by molar-refractivity contribution is -0.112. The van der Waals surface area contributed by atoms with Gasteiger partial charge in [0.15, 0.2) is 0 Å². The monoisotopic (exact) mass is 257 g/mol. The van der Waals surface area contributed by atoms with Crippen molar-refractivity contribution < 1.29 is 4.79 Å². The Labute approximate surface area is 113 Å². The van der Waals surface area contributed by atoms with Gasteiger partial charge in [0.2, 0.25) is 0 Å². The van der Waals surface area contributed by atoms with Crippen molar-refractivity contribution in [3.63, 3.8) is 0 Å². The van der Waals surface area contributed by atoms with Crippen LogP contribution in [0.25, 0.3) is 5.65 Å². The minimum atomic E-state index is 0.264. The lowest BCUT2D eigenvalue weighted by Gasteiger charge is -2.28. The van der Waals surface area contributed by atoms with Crippen LogP contribution in [0, 0.1) is 12.8 Å². The normalized spacial score (nSPS) is 17.9. The number of hydrogen-bond donors (Lipinski definition) is 0.